The molecule has 0 fully saturated rings. The highest BCUT2D eigenvalue weighted by molar-refractivity contribution is 9.09. The van der Waals surface area contributed by atoms with Gasteiger partial charge in [-0.05, 0) is 6.92 Å². The van der Waals surface area contributed by atoms with Gasteiger partial charge in [-0.25, -0.2) is 9.67 Å². The highest BCUT2D eigenvalue weighted by Crippen LogP contribution is 2.18. The van der Waals surface area contributed by atoms with E-state index >= 15 is 0 Å². The lowest BCUT2D eigenvalue weighted by Gasteiger charge is -2.00. The van der Waals surface area contributed by atoms with Gasteiger partial charge in [0.25, 0.3) is 0 Å². The van der Waals surface area contributed by atoms with Crippen molar-refractivity contribution < 1.29 is 0 Å². The number of imidazole rings is 1. The first-order valence-electron chi connectivity index (χ1n) is 4.66. The number of hydrogen-bond donors (Lipinski definition) is 0. The van der Waals surface area contributed by atoms with Crippen LogP contribution in [0.15, 0.2) is 18.7 Å². The average molecular weight is 270 g/mol. The molecule has 1 atom stereocenters. The average Bonchev–Trinajstić information content (AvgIpc) is 2.77. The number of nitrogens with zero attached hydrogens (tertiary/aromatic N) is 5. The normalized spacial score (nSPS) is 13.0. The molecule has 2 aromatic rings. The molecule has 15 heavy (non-hydrogen) atoms. The minimum atomic E-state index is 0.234. The minimum Gasteiger partial charge on any atom is -0.336 e. The molecule has 1 unspecified atom stereocenters. The summed E-state index contributed by atoms with van der Waals surface area (Å²) in [5.41, 5.74) is 2.05. The summed E-state index contributed by atoms with van der Waals surface area (Å²) in [4.78, 5) is 4.29. The first-order chi connectivity index (χ1) is 7.16. The molecule has 2 aromatic heterocycles. The summed E-state index contributed by atoms with van der Waals surface area (Å²) < 4.78 is 3.78. The fourth-order valence-electron chi connectivity index (χ4n) is 1.28. The Balaban J connectivity index is 2.15. The Bertz CT molecular complexity index is 445. The molecule has 2 rings (SSSR count). The molecule has 0 saturated heterocycles. The summed E-state index contributed by atoms with van der Waals surface area (Å²) in [6.45, 7) is 2.72. The van der Waals surface area contributed by atoms with E-state index in [1.54, 1.807) is 6.33 Å². The van der Waals surface area contributed by atoms with Crippen molar-refractivity contribution in [1.82, 2.24) is 24.5 Å². The summed E-state index contributed by atoms with van der Waals surface area (Å²) in [7, 11) is 1.97. The molecule has 6 heteroatoms. The molecule has 0 bridgehead atoms. The second-order valence-electron chi connectivity index (χ2n) is 3.45. The van der Waals surface area contributed by atoms with Gasteiger partial charge in [0.1, 0.15) is 0 Å². The topological polar surface area (TPSA) is 48.5 Å². The maximum atomic E-state index is 4.06. The van der Waals surface area contributed by atoms with Crippen LogP contribution in [-0.2, 0) is 13.6 Å². The highest BCUT2D eigenvalue weighted by Gasteiger charge is 2.07. The standard InChI is InChI=1S/C9H12BrN5/c1-7(10)9-5-15(13-12-9)4-8-3-11-6-14(8)2/h3,5-7H,4H2,1-2H3. The zero-order valence-electron chi connectivity index (χ0n) is 8.63. The predicted molar refractivity (Wildman–Crippen MR) is 59.7 cm³/mol. The van der Waals surface area contributed by atoms with E-state index in [9.17, 15) is 0 Å². The van der Waals surface area contributed by atoms with Crippen molar-refractivity contribution in [2.24, 2.45) is 7.05 Å². The number of aryl methyl sites for hydroxylation is 1. The van der Waals surface area contributed by atoms with Crippen molar-refractivity contribution in [3.8, 4) is 0 Å². The number of alkyl halides is 1. The Hall–Kier alpha value is -1.17. The second-order valence-corrected chi connectivity index (χ2v) is 4.83. The Morgan fingerprint density at radius 2 is 2.33 bits per heavy atom. The third kappa shape index (κ3) is 2.26. The van der Waals surface area contributed by atoms with Crippen molar-refractivity contribution in [3.63, 3.8) is 0 Å². The number of aromatic nitrogens is 5. The smallest absolute Gasteiger partial charge is 0.0960 e. The van der Waals surface area contributed by atoms with E-state index < -0.39 is 0 Å². The maximum Gasteiger partial charge on any atom is 0.0960 e. The van der Waals surface area contributed by atoms with Crippen LogP contribution in [0.25, 0.3) is 0 Å². The van der Waals surface area contributed by atoms with Gasteiger partial charge in [0.05, 0.1) is 41.5 Å². The molecular weight excluding hydrogens is 258 g/mol. The Morgan fingerprint density at radius 1 is 1.53 bits per heavy atom. The predicted octanol–water partition coefficient (Wildman–Crippen LogP) is 1.52. The summed E-state index contributed by atoms with van der Waals surface area (Å²) in [5.74, 6) is 0. The van der Waals surface area contributed by atoms with Crippen LogP contribution >= 0.6 is 15.9 Å². The summed E-state index contributed by atoms with van der Waals surface area (Å²) in [5, 5.41) is 8.11. The van der Waals surface area contributed by atoms with Crippen molar-refractivity contribution in [3.05, 3.63) is 30.1 Å². The van der Waals surface area contributed by atoms with Crippen LogP contribution in [0, 0.1) is 0 Å². The van der Waals surface area contributed by atoms with Crippen molar-refractivity contribution in [1.29, 1.82) is 0 Å². The van der Waals surface area contributed by atoms with E-state index in [-0.39, 0.29) is 4.83 Å². The molecule has 0 spiro atoms. The minimum absolute atomic E-state index is 0.234. The Kier molecular flexibility index (Phi) is 2.86. The van der Waals surface area contributed by atoms with Crippen LogP contribution in [-0.4, -0.2) is 24.5 Å². The largest absolute Gasteiger partial charge is 0.336 e. The highest BCUT2D eigenvalue weighted by atomic mass is 79.9. The number of hydrogen-bond acceptors (Lipinski definition) is 3. The molecule has 0 aliphatic carbocycles. The van der Waals surface area contributed by atoms with Gasteiger partial charge >= 0.3 is 0 Å². The first kappa shape index (κ1) is 10.4. The molecule has 0 saturated carbocycles. The Morgan fingerprint density at radius 3 is 2.87 bits per heavy atom. The molecule has 0 aliphatic heterocycles. The monoisotopic (exact) mass is 269 g/mol. The van der Waals surface area contributed by atoms with E-state index in [1.807, 2.05) is 35.6 Å². The third-order valence-corrected chi connectivity index (χ3v) is 2.67. The molecular formula is C9H12BrN5. The molecule has 0 amide bonds. The second kappa shape index (κ2) is 4.14. The SMILES string of the molecule is CC(Br)c1cn(Cc2cncn2C)nn1. The summed E-state index contributed by atoms with van der Waals surface area (Å²) in [6, 6.07) is 0. The third-order valence-electron chi connectivity index (χ3n) is 2.20. The lowest BCUT2D eigenvalue weighted by Crippen LogP contribution is -2.04. The summed E-state index contributed by atoms with van der Waals surface area (Å²) >= 11 is 3.45. The van der Waals surface area contributed by atoms with Crippen LogP contribution < -0.4 is 0 Å². The van der Waals surface area contributed by atoms with Crippen LogP contribution in [0.1, 0.15) is 23.1 Å². The molecule has 0 aromatic carbocycles. The number of rotatable bonds is 3. The fraction of sp³-hybridized carbons (Fsp3) is 0.444. The van der Waals surface area contributed by atoms with E-state index in [0.717, 1.165) is 11.4 Å². The van der Waals surface area contributed by atoms with Gasteiger partial charge in [-0.3, -0.25) is 0 Å². The van der Waals surface area contributed by atoms with Crippen LogP contribution in [0.3, 0.4) is 0 Å². The van der Waals surface area contributed by atoms with Gasteiger partial charge in [0.2, 0.25) is 0 Å². The van der Waals surface area contributed by atoms with Gasteiger partial charge in [-0.15, -0.1) is 5.10 Å². The van der Waals surface area contributed by atoms with Crippen molar-refractivity contribution in [2.45, 2.75) is 18.3 Å². The summed E-state index contributed by atoms with van der Waals surface area (Å²) in [6.07, 6.45) is 5.55. The van der Waals surface area contributed by atoms with Gasteiger partial charge in [0, 0.05) is 7.05 Å². The maximum absolute atomic E-state index is 4.06. The van der Waals surface area contributed by atoms with Gasteiger partial charge in [0.15, 0.2) is 0 Å². The van der Waals surface area contributed by atoms with Gasteiger partial charge in [-0.1, -0.05) is 21.1 Å². The molecule has 0 N–H and O–H groups in total. The molecule has 0 aliphatic rings. The van der Waals surface area contributed by atoms with Gasteiger partial charge in [-0.2, -0.15) is 0 Å². The van der Waals surface area contributed by atoms with Crippen LogP contribution in [0.5, 0.6) is 0 Å². The first-order valence-corrected chi connectivity index (χ1v) is 5.57. The lowest BCUT2D eigenvalue weighted by molar-refractivity contribution is 0.620. The fourth-order valence-corrected chi connectivity index (χ4v) is 1.49. The van der Waals surface area contributed by atoms with E-state index in [2.05, 4.69) is 31.2 Å². The van der Waals surface area contributed by atoms with Crippen LogP contribution in [0.2, 0.25) is 0 Å². The zero-order valence-corrected chi connectivity index (χ0v) is 10.2. The van der Waals surface area contributed by atoms with Crippen LogP contribution in [0.4, 0.5) is 0 Å². The van der Waals surface area contributed by atoms with E-state index in [1.165, 1.54) is 0 Å². The molecule has 5 nitrogen and oxygen atoms in total. The van der Waals surface area contributed by atoms with E-state index in [4.69, 9.17) is 0 Å². The van der Waals surface area contributed by atoms with Gasteiger partial charge < -0.3 is 4.57 Å². The van der Waals surface area contributed by atoms with Crippen molar-refractivity contribution in [2.75, 3.05) is 0 Å². The molecule has 0 radical (unpaired) electrons. The van der Waals surface area contributed by atoms with E-state index in [0.29, 0.717) is 6.54 Å². The van der Waals surface area contributed by atoms with Crippen molar-refractivity contribution >= 4 is 15.9 Å². The Labute approximate surface area is 96.2 Å². The number of halogens is 1. The molecule has 2 heterocycles. The zero-order chi connectivity index (χ0) is 10.8. The quantitative estimate of drug-likeness (QED) is 0.794. The lowest BCUT2D eigenvalue weighted by atomic mass is 10.4. The molecule has 80 valence electrons.